The average molecular weight is 399 g/mol. The summed E-state index contributed by atoms with van der Waals surface area (Å²) in [7, 11) is 1.49. The van der Waals surface area contributed by atoms with Crippen LogP contribution in [-0.2, 0) is 11.3 Å². The van der Waals surface area contributed by atoms with E-state index in [1.165, 1.54) is 13.2 Å². The van der Waals surface area contributed by atoms with E-state index < -0.39 is 11.2 Å². The molecular weight excluding hydrogens is 382 g/mol. The Hall–Kier alpha value is -4.15. The second-order valence-corrected chi connectivity index (χ2v) is 6.55. The molecule has 0 fully saturated rings. The first kappa shape index (κ1) is 19.2. The number of methoxy groups -OCH3 is 1. The van der Waals surface area contributed by atoms with Gasteiger partial charge in [0.05, 0.1) is 11.6 Å². The summed E-state index contributed by atoms with van der Waals surface area (Å²) in [4.78, 5) is 20.1. The van der Waals surface area contributed by atoms with Gasteiger partial charge < -0.3 is 19.2 Å². The van der Waals surface area contributed by atoms with E-state index in [9.17, 15) is 9.90 Å². The molecule has 0 aliphatic rings. The van der Waals surface area contributed by atoms with E-state index in [1.54, 1.807) is 24.3 Å². The lowest BCUT2D eigenvalue weighted by Gasteiger charge is -2.07. The van der Waals surface area contributed by atoms with E-state index in [0.717, 1.165) is 11.1 Å². The fourth-order valence-electron chi connectivity index (χ4n) is 3.10. The summed E-state index contributed by atoms with van der Waals surface area (Å²) in [6, 6.07) is 19.6. The summed E-state index contributed by atoms with van der Waals surface area (Å²) >= 11 is 0. The average Bonchev–Trinajstić information content (AvgIpc) is 3.22. The Morgan fingerprint density at radius 1 is 1.13 bits per heavy atom. The van der Waals surface area contributed by atoms with Crippen molar-refractivity contribution in [2.75, 3.05) is 7.11 Å². The van der Waals surface area contributed by atoms with Crippen molar-refractivity contribution in [3.63, 3.8) is 0 Å². The molecule has 2 aromatic heterocycles. The van der Waals surface area contributed by atoms with Gasteiger partial charge in [0.1, 0.15) is 29.6 Å². The first-order chi connectivity index (χ1) is 14.6. The third-order valence-electron chi connectivity index (χ3n) is 4.53. The van der Waals surface area contributed by atoms with Crippen LogP contribution in [0.5, 0.6) is 5.75 Å². The zero-order valence-corrected chi connectivity index (χ0v) is 16.0. The molecule has 0 aliphatic carbocycles. The van der Waals surface area contributed by atoms with Crippen molar-refractivity contribution in [2.24, 2.45) is 0 Å². The van der Waals surface area contributed by atoms with Crippen molar-refractivity contribution < 1.29 is 14.3 Å². The van der Waals surface area contributed by atoms with Crippen LogP contribution in [-0.4, -0.2) is 22.2 Å². The number of nitriles is 1. The molecule has 4 rings (SSSR count). The number of aromatic nitrogens is 2. The van der Waals surface area contributed by atoms with Crippen LogP contribution in [0.4, 0.5) is 0 Å². The van der Waals surface area contributed by atoms with Gasteiger partial charge in [-0.1, -0.05) is 30.3 Å². The summed E-state index contributed by atoms with van der Waals surface area (Å²) in [6.07, 6.45) is 0. The molecule has 0 bridgehead atoms. The van der Waals surface area contributed by atoms with Gasteiger partial charge in [-0.2, -0.15) is 5.26 Å². The molecule has 7 nitrogen and oxygen atoms in total. The van der Waals surface area contributed by atoms with Crippen molar-refractivity contribution >= 4 is 0 Å². The van der Waals surface area contributed by atoms with Crippen molar-refractivity contribution in [3.8, 4) is 45.9 Å². The molecule has 0 saturated heterocycles. The second kappa shape index (κ2) is 8.07. The Bertz CT molecular complexity index is 1280. The van der Waals surface area contributed by atoms with Gasteiger partial charge in [-0.3, -0.25) is 4.79 Å². The molecule has 0 atom stereocenters. The van der Waals surface area contributed by atoms with Gasteiger partial charge in [-0.25, -0.2) is 4.98 Å². The van der Waals surface area contributed by atoms with Gasteiger partial charge in [0, 0.05) is 24.3 Å². The highest BCUT2D eigenvalue weighted by atomic mass is 16.5. The molecule has 148 valence electrons. The van der Waals surface area contributed by atoms with Crippen LogP contribution in [0.3, 0.4) is 0 Å². The molecule has 0 unspecified atom stereocenters. The monoisotopic (exact) mass is 399 g/mol. The van der Waals surface area contributed by atoms with Crippen LogP contribution in [0.15, 0.2) is 69.9 Å². The largest absolute Gasteiger partial charge is 0.501 e. The van der Waals surface area contributed by atoms with Gasteiger partial charge in [0.15, 0.2) is 5.76 Å². The molecule has 7 heteroatoms. The summed E-state index contributed by atoms with van der Waals surface area (Å²) < 4.78 is 10.8. The number of rotatable bonds is 5. The van der Waals surface area contributed by atoms with E-state index in [1.807, 2.05) is 30.3 Å². The lowest BCUT2D eigenvalue weighted by molar-refractivity contribution is 0.162. The SMILES string of the molecule is COCc1cc(=O)c(O)c(-c2[nH]c(-c3ccc(C#N)cc3)nc2-c2ccccc2)o1. The highest BCUT2D eigenvalue weighted by Crippen LogP contribution is 2.36. The second-order valence-electron chi connectivity index (χ2n) is 6.55. The number of imidazole rings is 1. The molecule has 2 heterocycles. The minimum Gasteiger partial charge on any atom is -0.501 e. The summed E-state index contributed by atoms with van der Waals surface area (Å²) in [5.41, 5.74) is 2.37. The van der Waals surface area contributed by atoms with Gasteiger partial charge in [0.25, 0.3) is 0 Å². The highest BCUT2D eigenvalue weighted by molar-refractivity contribution is 5.81. The third kappa shape index (κ3) is 3.60. The summed E-state index contributed by atoms with van der Waals surface area (Å²) in [5.74, 6) is 0.263. The van der Waals surface area contributed by atoms with E-state index >= 15 is 0 Å². The molecule has 30 heavy (non-hydrogen) atoms. The number of aromatic amines is 1. The Labute approximate surface area is 171 Å². The normalized spacial score (nSPS) is 10.7. The predicted molar refractivity (Wildman–Crippen MR) is 111 cm³/mol. The maximum absolute atomic E-state index is 12.3. The number of hydrogen-bond donors (Lipinski definition) is 2. The Morgan fingerprint density at radius 3 is 2.53 bits per heavy atom. The molecule has 0 saturated carbocycles. The van der Waals surface area contributed by atoms with Crippen LogP contribution >= 0.6 is 0 Å². The molecule has 0 amide bonds. The number of hydrogen-bond acceptors (Lipinski definition) is 6. The maximum Gasteiger partial charge on any atom is 0.227 e. The lowest BCUT2D eigenvalue weighted by Crippen LogP contribution is -2.04. The Morgan fingerprint density at radius 2 is 1.87 bits per heavy atom. The van der Waals surface area contributed by atoms with Crippen LogP contribution in [0.25, 0.3) is 34.1 Å². The molecule has 2 aromatic carbocycles. The number of nitrogens with one attached hydrogen (secondary N) is 1. The molecule has 4 aromatic rings. The number of aromatic hydroxyl groups is 1. The minimum atomic E-state index is -0.572. The van der Waals surface area contributed by atoms with Crippen molar-refractivity contribution in [1.29, 1.82) is 5.26 Å². The van der Waals surface area contributed by atoms with Gasteiger partial charge in [-0.05, 0) is 24.3 Å². The number of nitrogens with zero attached hydrogens (tertiary/aromatic N) is 2. The van der Waals surface area contributed by atoms with E-state index in [4.69, 9.17) is 14.4 Å². The van der Waals surface area contributed by atoms with Crippen molar-refractivity contribution in [2.45, 2.75) is 6.61 Å². The quantitative estimate of drug-likeness (QED) is 0.523. The zero-order chi connectivity index (χ0) is 21.1. The zero-order valence-electron chi connectivity index (χ0n) is 16.0. The molecule has 2 N–H and O–H groups in total. The number of ether oxygens (including phenoxy) is 1. The smallest absolute Gasteiger partial charge is 0.227 e. The summed E-state index contributed by atoms with van der Waals surface area (Å²) in [6.45, 7) is 0.0831. The third-order valence-corrected chi connectivity index (χ3v) is 4.53. The topological polar surface area (TPSA) is 112 Å². The predicted octanol–water partition coefficient (Wildman–Crippen LogP) is 4.09. The maximum atomic E-state index is 12.3. The number of H-pyrrole nitrogens is 1. The summed E-state index contributed by atoms with van der Waals surface area (Å²) in [5, 5.41) is 19.4. The van der Waals surface area contributed by atoms with Gasteiger partial charge in [0.2, 0.25) is 11.2 Å². The molecule has 0 radical (unpaired) electrons. The lowest BCUT2D eigenvalue weighted by atomic mass is 10.1. The first-order valence-corrected chi connectivity index (χ1v) is 9.12. The van der Waals surface area contributed by atoms with Crippen LogP contribution in [0, 0.1) is 11.3 Å². The highest BCUT2D eigenvalue weighted by Gasteiger charge is 2.22. The van der Waals surface area contributed by atoms with E-state index in [0.29, 0.717) is 22.8 Å². The molecular formula is C23H17N3O4. The van der Waals surface area contributed by atoms with Crippen LogP contribution < -0.4 is 5.43 Å². The fourth-order valence-corrected chi connectivity index (χ4v) is 3.10. The van der Waals surface area contributed by atoms with Crippen molar-refractivity contribution in [1.82, 2.24) is 9.97 Å². The first-order valence-electron chi connectivity index (χ1n) is 9.12. The van der Waals surface area contributed by atoms with Crippen LogP contribution in [0.2, 0.25) is 0 Å². The standard InChI is InChI=1S/C23H17N3O4/c1-29-13-17-11-18(27)21(28)22(30-17)20-19(15-5-3-2-4-6-15)25-23(26-20)16-9-7-14(12-24)8-10-16/h2-11,28H,13H2,1H3,(H,25,26). The van der Waals surface area contributed by atoms with Gasteiger partial charge in [-0.15, -0.1) is 0 Å². The molecule has 0 aliphatic heterocycles. The fraction of sp³-hybridized carbons (Fsp3) is 0.0870. The van der Waals surface area contributed by atoms with Crippen molar-refractivity contribution in [3.05, 3.63) is 82.2 Å². The van der Waals surface area contributed by atoms with E-state index in [2.05, 4.69) is 16.0 Å². The Balaban J connectivity index is 1.94. The number of benzene rings is 2. The van der Waals surface area contributed by atoms with Crippen LogP contribution in [0.1, 0.15) is 11.3 Å². The van der Waals surface area contributed by atoms with E-state index in [-0.39, 0.29) is 18.1 Å². The molecule has 0 spiro atoms. The minimum absolute atomic E-state index is 0.0131. The van der Waals surface area contributed by atoms with Gasteiger partial charge >= 0.3 is 0 Å². The Kier molecular flexibility index (Phi) is 5.16.